The Hall–Kier alpha value is -3.20. The van der Waals surface area contributed by atoms with Crippen molar-refractivity contribution in [1.29, 1.82) is 0 Å². The van der Waals surface area contributed by atoms with Crippen molar-refractivity contribution in [3.05, 3.63) is 93.5 Å². The smallest absolute Gasteiger partial charge is 0.296 e. The Morgan fingerprint density at radius 1 is 0.970 bits per heavy atom. The lowest BCUT2D eigenvalue weighted by Crippen LogP contribution is -2.15. The molecule has 0 atom stereocenters. The Balaban J connectivity index is 1.73. The molecule has 0 aromatic heterocycles. The number of azo groups is 1. The summed E-state index contributed by atoms with van der Waals surface area (Å²) in [7, 11) is -3.94. The molecular formula is C23H17Cl2N3O4S. The molecule has 1 aliphatic rings. The third-order valence-electron chi connectivity index (χ3n) is 5.03. The van der Waals surface area contributed by atoms with Crippen molar-refractivity contribution in [3.8, 4) is 5.75 Å². The van der Waals surface area contributed by atoms with Gasteiger partial charge in [-0.15, -0.1) is 10.2 Å². The minimum atomic E-state index is -3.94. The number of phenols is 1. The summed E-state index contributed by atoms with van der Waals surface area (Å²) in [5.74, 6) is -0.861. The lowest BCUT2D eigenvalue weighted by Gasteiger charge is -2.19. The van der Waals surface area contributed by atoms with E-state index in [0.717, 1.165) is 0 Å². The van der Waals surface area contributed by atoms with Gasteiger partial charge >= 0.3 is 0 Å². The molecular weight excluding hydrogens is 485 g/mol. The average molecular weight is 502 g/mol. The highest BCUT2D eigenvalue weighted by Gasteiger charge is 2.23. The van der Waals surface area contributed by atoms with Gasteiger partial charge in [0.2, 0.25) is 0 Å². The summed E-state index contributed by atoms with van der Waals surface area (Å²) >= 11 is 11.9. The van der Waals surface area contributed by atoms with Gasteiger partial charge in [0.15, 0.2) is 0 Å². The lowest BCUT2D eigenvalue weighted by atomic mass is 9.93. The summed E-state index contributed by atoms with van der Waals surface area (Å²) in [6.07, 6.45) is 4.52. The fourth-order valence-corrected chi connectivity index (χ4v) is 4.81. The molecule has 1 amide bonds. The maximum absolute atomic E-state index is 12.9. The molecule has 2 N–H and O–H groups in total. The number of allylic oxidation sites excluding steroid dienone is 2. The van der Waals surface area contributed by atoms with Gasteiger partial charge in [-0.05, 0) is 60.9 Å². The Bertz CT molecular complexity index is 1400. The standard InChI is InChI=1S/C23H17Cl2N3O4S/c24-14-9-11-15(12-10-14)33(31,32)28-20-13-21(22(29)17-6-2-1-5-16(17)20)26-27-23(30)18-7-3-4-8-19(18)25/h1-4,7-13,28-29H,5-6H2. The Morgan fingerprint density at radius 2 is 1.64 bits per heavy atom. The summed E-state index contributed by atoms with van der Waals surface area (Å²) in [6, 6.07) is 13.5. The zero-order valence-electron chi connectivity index (χ0n) is 17.0. The molecule has 0 fully saturated rings. The second kappa shape index (κ2) is 9.35. The predicted molar refractivity (Wildman–Crippen MR) is 127 cm³/mol. The van der Waals surface area contributed by atoms with E-state index < -0.39 is 15.9 Å². The van der Waals surface area contributed by atoms with E-state index in [0.29, 0.717) is 29.0 Å². The van der Waals surface area contributed by atoms with Gasteiger partial charge in [-0.3, -0.25) is 9.52 Å². The van der Waals surface area contributed by atoms with Gasteiger partial charge < -0.3 is 5.11 Å². The van der Waals surface area contributed by atoms with E-state index in [2.05, 4.69) is 15.0 Å². The number of rotatable bonds is 5. The first kappa shape index (κ1) is 23.0. The molecule has 4 rings (SSSR count). The van der Waals surface area contributed by atoms with Crippen molar-refractivity contribution < 1.29 is 18.3 Å². The molecule has 0 unspecified atom stereocenters. The number of fused-ring (bicyclic) bond motifs is 1. The van der Waals surface area contributed by atoms with Crippen molar-refractivity contribution in [2.45, 2.75) is 17.7 Å². The predicted octanol–water partition coefficient (Wildman–Crippen LogP) is 6.08. The fourth-order valence-electron chi connectivity index (χ4n) is 3.38. The van der Waals surface area contributed by atoms with E-state index in [1.54, 1.807) is 18.2 Å². The van der Waals surface area contributed by atoms with Gasteiger partial charge in [0.05, 0.1) is 21.2 Å². The van der Waals surface area contributed by atoms with Gasteiger partial charge in [-0.1, -0.05) is 47.5 Å². The van der Waals surface area contributed by atoms with Crippen LogP contribution in [-0.4, -0.2) is 19.4 Å². The molecule has 0 spiro atoms. The Kier molecular flexibility index (Phi) is 6.51. The zero-order chi connectivity index (χ0) is 23.6. The van der Waals surface area contributed by atoms with E-state index in [4.69, 9.17) is 23.2 Å². The first-order valence-corrected chi connectivity index (χ1v) is 12.0. The van der Waals surface area contributed by atoms with Crippen LogP contribution in [0.2, 0.25) is 10.0 Å². The number of benzene rings is 3. The molecule has 0 saturated heterocycles. The normalized spacial score (nSPS) is 13.2. The molecule has 0 aliphatic heterocycles. The molecule has 0 heterocycles. The van der Waals surface area contributed by atoms with Crippen LogP contribution in [0.3, 0.4) is 0 Å². The van der Waals surface area contributed by atoms with E-state index in [-0.39, 0.29) is 32.6 Å². The SMILES string of the molecule is O=C(N=Nc1cc(NS(=O)(=O)c2ccc(Cl)cc2)c2c(c1O)CC=CC2)c1ccccc1Cl. The van der Waals surface area contributed by atoms with Crippen molar-refractivity contribution in [1.82, 2.24) is 0 Å². The van der Waals surface area contributed by atoms with Gasteiger partial charge in [-0.2, -0.15) is 0 Å². The number of carbonyl (C=O) groups is 1. The third kappa shape index (κ3) is 4.93. The molecule has 33 heavy (non-hydrogen) atoms. The lowest BCUT2D eigenvalue weighted by molar-refractivity contribution is 0.0995. The number of aromatic hydroxyl groups is 1. The maximum Gasteiger partial charge on any atom is 0.296 e. The summed E-state index contributed by atoms with van der Waals surface area (Å²) in [6.45, 7) is 0. The van der Waals surface area contributed by atoms with Crippen LogP contribution in [0.25, 0.3) is 0 Å². The molecule has 0 bridgehead atoms. The highest BCUT2D eigenvalue weighted by atomic mass is 35.5. The number of amides is 1. The van der Waals surface area contributed by atoms with E-state index in [1.807, 2.05) is 12.2 Å². The summed E-state index contributed by atoms with van der Waals surface area (Å²) in [4.78, 5) is 12.4. The number of nitrogens with zero attached hydrogens (tertiary/aromatic N) is 2. The van der Waals surface area contributed by atoms with Crippen LogP contribution in [0.5, 0.6) is 5.75 Å². The first-order chi connectivity index (χ1) is 15.8. The molecule has 168 valence electrons. The van der Waals surface area contributed by atoms with E-state index in [1.165, 1.54) is 36.4 Å². The highest BCUT2D eigenvalue weighted by molar-refractivity contribution is 7.92. The van der Waals surface area contributed by atoms with Crippen LogP contribution in [0.1, 0.15) is 21.5 Å². The van der Waals surface area contributed by atoms with Crippen LogP contribution in [0.4, 0.5) is 11.4 Å². The first-order valence-electron chi connectivity index (χ1n) is 9.78. The van der Waals surface area contributed by atoms with Crippen LogP contribution in [-0.2, 0) is 22.9 Å². The van der Waals surface area contributed by atoms with E-state index in [9.17, 15) is 18.3 Å². The number of hydrogen-bond acceptors (Lipinski definition) is 5. The van der Waals surface area contributed by atoms with Gasteiger partial charge in [0, 0.05) is 10.6 Å². The van der Waals surface area contributed by atoms with E-state index >= 15 is 0 Å². The number of sulfonamides is 1. The number of carbonyl (C=O) groups excluding carboxylic acids is 1. The van der Waals surface area contributed by atoms with Crippen molar-refractivity contribution >= 4 is 50.5 Å². The average Bonchev–Trinajstić information content (AvgIpc) is 2.80. The minimum Gasteiger partial charge on any atom is -0.505 e. The van der Waals surface area contributed by atoms with Gasteiger partial charge in [0.25, 0.3) is 15.9 Å². The quantitative estimate of drug-likeness (QED) is 0.250. The topological polar surface area (TPSA) is 108 Å². The number of nitrogens with one attached hydrogen (secondary N) is 1. The Morgan fingerprint density at radius 3 is 2.33 bits per heavy atom. The highest BCUT2D eigenvalue weighted by Crippen LogP contribution is 2.41. The summed E-state index contributed by atoms with van der Waals surface area (Å²) in [5.41, 5.74) is 1.48. The van der Waals surface area contributed by atoms with Crippen molar-refractivity contribution in [2.24, 2.45) is 10.2 Å². The summed E-state index contributed by atoms with van der Waals surface area (Å²) in [5, 5.41) is 18.9. The third-order valence-corrected chi connectivity index (χ3v) is 6.99. The second-order valence-electron chi connectivity index (χ2n) is 7.17. The zero-order valence-corrected chi connectivity index (χ0v) is 19.3. The monoisotopic (exact) mass is 501 g/mol. The van der Waals surface area contributed by atoms with Crippen LogP contribution in [0, 0.1) is 0 Å². The van der Waals surface area contributed by atoms with Crippen LogP contribution >= 0.6 is 23.2 Å². The largest absolute Gasteiger partial charge is 0.505 e. The van der Waals surface area contributed by atoms with Crippen LogP contribution < -0.4 is 4.72 Å². The summed E-state index contributed by atoms with van der Waals surface area (Å²) < 4.78 is 28.4. The Labute approximate surface area is 200 Å². The molecule has 3 aromatic carbocycles. The number of hydrogen-bond donors (Lipinski definition) is 2. The molecule has 0 radical (unpaired) electrons. The minimum absolute atomic E-state index is 0.0251. The molecule has 1 aliphatic carbocycles. The maximum atomic E-state index is 12.9. The number of phenolic OH excluding ortho intramolecular Hbond substituents is 1. The van der Waals surface area contributed by atoms with Crippen molar-refractivity contribution in [2.75, 3.05) is 4.72 Å². The molecule has 0 saturated carbocycles. The number of anilines is 1. The molecule has 3 aromatic rings. The second-order valence-corrected chi connectivity index (χ2v) is 9.70. The van der Waals surface area contributed by atoms with Crippen LogP contribution in [0.15, 0.2) is 81.9 Å². The molecule has 10 heteroatoms. The fraction of sp³-hybridized carbons (Fsp3) is 0.0870. The van der Waals surface area contributed by atoms with Crippen molar-refractivity contribution in [3.63, 3.8) is 0 Å². The molecule has 7 nitrogen and oxygen atoms in total. The van der Waals surface area contributed by atoms with Gasteiger partial charge in [-0.25, -0.2) is 8.42 Å². The number of halogens is 2. The van der Waals surface area contributed by atoms with Gasteiger partial charge in [0.1, 0.15) is 11.4 Å².